The van der Waals surface area contributed by atoms with E-state index in [9.17, 15) is 0 Å². The molecule has 56 heavy (non-hydrogen) atoms. The molecular formula is C51H37BN2OS. The lowest BCUT2D eigenvalue weighted by Crippen LogP contribution is -2.42. The lowest BCUT2D eigenvalue weighted by molar-refractivity contribution is 0.455. The molecule has 2 aliphatic heterocycles. The molecule has 3 aliphatic rings. The van der Waals surface area contributed by atoms with Crippen molar-refractivity contribution in [3.05, 3.63) is 198 Å². The summed E-state index contributed by atoms with van der Waals surface area (Å²) in [4.78, 5) is 4.66. The van der Waals surface area contributed by atoms with E-state index in [1.165, 1.54) is 49.9 Å². The van der Waals surface area contributed by atoms with Crippen LogP contribution < -0.4 is 25.9 Å². The molecule has 5 heteroatoms. The summed E-state index contributed by atoms with van der Waals surface area (Å²) in [6.45, 7) is 2.17. The summed E-state index contributed by atoms with van der Waals surface area (Å²) in [5, 5.41) is 3.91. The first-order valence-corrected chi connectivity index (χ1v) is 20.2. The van der Waals surface area contributed by atoms with E-state index in [1.807, 2.05) is 6.07 Å². The molecule has 266 valence electrons. The summed E-state index contributed by atoms with van der Waals surface area (Å²) in [6.07, 6.45) is 0.964. The highest BCUT2D eigenvalue weighted by Crippen LogP contribution is 2.52. The number of anilines is 5. The van der Waals surface area contributed by atoms with Gasteiger partial charge in [-0.25, -0.2) is 0 Å². The maximum atomic E-state index is 6.63. The van der Waals surface area contributed by atoms with Gasteiger partial charge in [-0.3, -0.25) is 0 Å². The molecule has 0 radical (unpaired) electrons. The monoisotopic (exact) mass is 736 g/mol. The largest absolute Gasteiger partial charge is 0.455 e. The molecule has 0 spiro atoms. The molecule has 0 bridgehead atoms. The van der Waals surface area contributed by atoms with Crippen molar-refractivity contribution >= 4 is 58.4 Å². The molecule has 8 aromatic carbocycles. The fourth-order valence-electron chi connectivity index (χ4n) is 9.07. The van der Waals surface area contributed by atoms with Crippen LogP contribution in [0.5, 0.6) is 11.5 Å². The highest BCUT2D eigenvalue weighted by atomic mass is 32.2. The number of para-hydroxylation sites is 4. The quantitative estimate of drug-likeness (QED) is 0.172. The second kappa shape index (κ2) is 13.4. The Morgan fingerprint density at radius 2 is 1.29 bits per heavy atom. The van der Waals surface area contributed by atoms with Gasteiger partial charge >= 0.3 is 0 Å². The first kappa shape index (κ1) is 33.0. The molecule has 1 unspecified atom stereocenters. The van der Waals surface area contributed by atoms with Crippen LogP contribution in [0.25, 0.3) is 22.3 Å². The minimum atomic E-state index is 0.224. The van der Waals surface area contributed by atoms with Crippen molar-refractivity contribution in [2.24, 2.45) is 0 Å². The Bertz CT molecular complexity index is 2780. The van der Waals surface area contributed by atoms with E-state index < -0.39 is 0 Å². The third-order valence-corrected chi connectivity index (χ3v) is 12.7. The first-order chi connectivity index (χ1) is 27.7. The lowest BCUT2D eigenvalue weighted by Gasteiger charge is -2.37. The van der Waals surface area contributed by atoms with Crippen LogP contribution in [-0.2, 0) is 6.42 Å². The number of ether oxygens (including phenoxy) is 1. The Kier molecular flexibility index (Phi) is 7.89. The molecule has 0 fully saturated rings. The van der Waals surface area contributed by atoms with Crippen LogP contribution in [0, 0.1) is 6.92 Å². The highest BCUT2D eigenvalue weighted by Gasteiger charge is 2.36. The Morgan fingerprint density at radius 3 is 2.11 bits per heavy atom. The van der Waals surface area contributed by atoms with Gasteiger partial charge in [0.05, 0.1) is 15.5 Å². The van der Waals surface area contributed by atoms with Crippen molar-refractivity contribution in [1.29, 1.82) is 0 Å². The zero-order valence-electron chi connectivity index (χ0n) is 31.0. The zero-order chi connectivity index (χ0) is 37.2. The average Bonchev–Trinajstić information content (AvgIpc) is 3.24. The van der Waals surface area contributed by atoms with Gasteiger partial charge in [0.2, 0.25) is 0 Å². The number of nitrogens with zero attached hydrogens (tertiary/aromatic N) is 1. The van der Waals surface area contributed by atoms with Gasteiger partial charge in [-0.2, -0.15) is 0 Å². The summed E-state index contributed by atoms with van der Waals surface area (Å²) in [5.41, 5.74) is 18.9. The molecule has 11 rings (SSSR count). The van der Waals surface area contributed by atoms with Gasteiger partial charge in [0.15, 0.2) is 7.28 Å². The number of hydrogen-bond donors (Lipinski definition) is 1. The van der Waals surface area contributed by atoms with Gasteiger partial charge in [-0.1, -0.05) is 132 Å². The molecule has 0 aromatic heterocycles. The van der Waals surface area contributed by atoms with Gasteiger partial charge in [0.25, 0.3) is 0 Å². The first-order valence-electron chi connectivity index (χ1n) is 19.4. The minimum absolute atomic E-state index is 0.224. The van der Waals surface area contributed by atoms with Crippen molar-refractivity contribution in [2.75, 3.05) is 10.2 Å². The molecule has 0 amide bonds. The van der Waals surface area contributed by atoms with Crippen LogP contribution in [-0.4, -0.2) is 7.28 Å². The fourth-order valence-corrected chi connectivity index (χ4v) is 10.0. The van der Waals surface area contributed by atoms with Crippen LogP contribution in [0.3, 0.4) is 0 Å². The molecule has 1 atom stereocenters. The van der Waals surface area contributed by atoms with Crippen LogP contribution in [0.2, 0.25) is 0 Å². The number of benzene rings is 8. The molecule has 0 saturated heterocycles. The number of fused-ring (bicyclic) bond motifs is 6. The zero-order valence-corrected chi connectivity index (χ0v) is 31.8. The maximum absolute atomic E-state index is 6.63. The van der Waals surface area contributed by atoms with Crippen LogP contribution in [0.15, 0.2) is 186 Å². The number of hydrogen-bond acceptors (Lipinski definition) is 4. The number of rotatable bonds is 6. The molecular weight excluding hydrogens is 699 g/mol. The van der Waals surface area contributed by atoms with Crippen molar-refractivity contribution < 1.29 is 4.74 Å². The average molecular weight is 737 g/mol. The van der Waals surface area contributed by atoms with Gasteiger partial charge in [-0.15, -0.1) is 0 Å². The topological polar surface area (TPSA) is 24.5 Å². The molecule has 8 aromatic rings. The highest BCUT2D eigenvalue weighted by molar-refractivity contribution is 7.99. The Balaban J connectivity index is 1.19. The third kappa shape index (κ3) is 5.53. The summed E-state index contributed by atoms with van der Waals surface area (Å²) in [7, 11) is 0.858. The van der Waals surface area contributed by atoms with E-state index >= 15 is 0 Å². The van der Waals surface area contributed by atoms with E-state index in [4.69, 9.17) is 4.74 Å². The van der Waals surface area contributed by atoms with Gasteiger partial charge < -0.3 is 15.0 Å². The number of nitrogens with one attached hydrogen (secondary N) is 1. The second-order valence-electron chi connectivity index (χ2n) is 15.0. The Morgan fingerprint density at radius 1 is 0.571 bits per heavy atom. The predicted octanol–water partition coefficient (Wildman–Crippen LogP) is 12.2. The maximum Gasteiger partial charge on any atom is 0.193 e. The predicted molar refractivity (Wildman–Crippen MR) is 236 cm³/mol. The fraction of sp³-hybridized carbons (Fsp3) is 0.0588. The number of aryl methyl sites for hydroxylation is 1. The Hall–Kier alpha value is -6.43. The normalized spacial score (nSPS) is 14.1. The van der Waals surface area contributed by atoms with Crippen LogP contribution in [0.1, 0.15) is 28.2 Å². The van der Waals surface area contributed by atoms with Gasteiger partial charge in [-0.05, 0) is 113 Å². The summed E-state index contributed by atoms with van der Waals surface area (Å²) >= 11 is 1.78. The van der Waals surface area contributed by atoms with E-state index in [-0.39, 0.29) is 5.92 Å². The van der Waals surface area contributed by atoms with Crippen molar-refractivity contribution in [1.82, 2.24) is 0 Å². The smallest absolute Gasteiger partial charge is 0.193 e. The van der Waals surface area contributed by atoms with Crippen LogP contribution in [0.4, 0.5) is 28.4 Å². The SMILES string of the molecule is Cc1ccccc1Nc1cc2c(cc1-c1cc(N(c3ccccc3)c3ccccc3)cc3c1Bc1cccc4c1C3Cc1ccccc1-4)Sc1ccccc1O2. The summed E-state index contributed by atoms with van der Waals surface area (Å²) in [6, 6.07) is 63.9. The lowest BCUT2D eigenvalue weighted by atomic mass is 9.50. The molecule has 0 saturated carbocycles. The van der Waals surface area contributed by atoms with E-state index in [2.05, 4.69) is 187 Å². The summed E-state index contributed by atoms with van der Waals surface area (Å²) < 4.78 is 6.63. The Labute approximate surface area is 332 Å². The molecule has 1 N–H and O–H groups in total. The standard InChI is InChI=1S/C51H37BN2OS/c1-32-15-8-11-24-44(32)53-45-31-47-49(56-48-26-13-12-25-46(48)55-47)30-39(45)41-28-36(54(34-17-4-2-5-18-34)35-19-6-3-7-20-35)29-42-40-27-33-16-9-10-21-37(33)38-22-14-23-43(50(38)40)52-51(41)42/h2-26,28-31,40,52-53H,27H2,1H3. The van der Waals surface area contributed by atoms with Crippen molar-refractivity contribution in [3.63, 3.8) is 0 Å². The second-order valence-corrected chi connectivity index (χ2v) is 16.1. The third-order valence-electron chi connectivity index (χ3n) is 11.7. The minimum Gasteiger partial charge on any atom is -0.455 e. The van der Waals surface area contributed by atoms with Gasteiger partial charge in [0, 0.05) is 40.3 Å². The van der Waals surface area contributed by atoms with Gasteiger partial charge in [0.1, 0.15) is 11.5 Å². The molecule has 1 aliphatic carbocycles. The van der Waals surface area contributed by atoms with Crippen molar-refractivity contribution in [2.45, 2.75) is 29.1 Å². The van der Waals surface area contributed by atoms with Crippen molar-refractivity contribution in [3.8, 4) is 33.8 Å². The molecule has 3 nitrogen and oxygen atoms in total. The van der Waals surface area contributed by atoms with E-state index in [1.54, 1.807) is 11.8 Å². The molecule has 2 heterocycles. The van der Waals surface area contributed by atoms with E-state index in [0.717, 1.165) is 69.0 Å². The van der Waals surface area contributed by atoms with E-state index in [0.29, 0.717) is 0 Å². The van der Waals surface area contributed by atoms with Crippen LogP contribution >= 0.6 is 11.8 Å². The summed E-state index contributed by atoms with van der Waals surface area (Å²) in [5.74, 6) is 1.99.